The maximum Gasteiger partial charge on any atom is 0.282 e. The van der Waals surface area contributed by atoms with E-state index in [4.69, 9.17) is 20.2 Å². The van der Waals surface area contributed by atoms with Crippen LogP contribution in [0.15, 0.2) is 47.6 Å². The molecule has 0 bridgehead atoms. The number of halogens is 3. The SMILES string of the molecule is CC[C@@H](C)c1nc2ccc(Br)cc2c(=O)n1N=Cc1cc(OC)c(OCC(N)=O)c(Br)c1Br. The van der Waals surface area contributed by atoms with Gasteiger partial charge in [0.2, 0.25) is 0 Å². The first-order chi connectivity index (χ1) is 15.7. The summed E-state index contributed by atoms with van der Waals surface area (Å²) in [5, 5.41) is 4.95. The number of carbonyl (C=O) groups excluding carboxylic acids is 1. The van der Waals surface area contributed by atoms with Gasteiger partial charge in [0, 0.05) is 20.4 Å². The van der Waals surface area contributed by atoms with E-state index in [0.717, 1.165) is 10.9 Å². The van der Waals surface area contributed by atoms with Crippen molar-refractivity contribution in [2.24, 2.45) is 10.8 Å². The molecule has 8 nitrogen and oxygen atoms in total. The molecule has 0 aliphatic heterocycles. The smallest absolute Gasteiger partial charge is 0.282 e. The molecule has 1 atom stereocenters. The average Bonchev–Trinajstić information content (AvgIpc) is 2.79. The summed E-state index contributed by atoms with van der Waals surface area (Å²) < 4.78 is 14.1. The van der Waals surface area contributed by atoms with Crippen LogP contribution in [0.1, 0.15) is 37.6 Å². The Kier molecular flexibility index (Phi) is 8.30. The molecule has 2 N–H and O–H groups in total. The Hall–Kier alpha value is -2.24. The van der Waals surface area contributed by atoms with Crippen LogP contribution in [0.25, 0.3) is 10.9 Å². The van der Waals surface area contributed by atoms with Crippen LogP contribution in [0, 0.1) is 0 Å². The van der Waals surface area contributed by atoms with Crippen LogP contribution in [-0.2, 0) is 4.79 Å². The van der Waals surface area contributed by atoms with Crippen LogP contribution in [0.5, 0.6) is 11.5 Å². The minimum Gasteiger partial charge on any atom is -0.493 e. The van der Waals surface area contributed by atoms with Crippen molar-refractivity contribution in [1.29, 1.82) is 0 Å². The van der Waals surface area contributed by atoms with Crippen LogP contribution in [0.3, 0.4) is 0 Å². The standard InChI is InChI=1S/C22H21Br3N4O4/c1-4-11(2)21-28-15-6-5-13(23)8-14(15)22(31)29(21)27-9-12-7-16(32-3)20(19(25)18(12)24)33-10-17(26)30/h5-9,11H,4,10H2,1-3H3,(H2,26,30)/t11-/m1/s1. The molecule has 0 spiro atoms. The summed E-state index contributed by atoms with van der Waals surface area (Å²) in [6.45, 7) is 3.72. The molecule has 1 amide bonds. The van der Waals surface area contributed by atoms with Crippen molar-refractivity contribution in [3.8, 4) is 11.5 Å². The number of fused-ring (bicyclic) bond motifs is 1. The average molecular weight is 645 g/mol. The van der Waals surface area contributed by atoms with Gasteiger partial charge >= 0.3 is 0 Å². The van der Waals surface area contributed by atoms with E-state index in [9.17, 15) is 9.59 Å². The second-order valence-corrected chi connectivity index (χ2v) is 9.68. The van der Waals surface area contributed by atoms with E-state index in [1.165, 1.54) is 18.0 Å². The normalized spacial score (nSPS) is 12.3. The zero-order valence-electron chi connectivity index (χ0n) is 18.1. The summed E-state index contributed by atoms with van der Waals surface area (Å²) in [5.74, 6) is 0.644. The Bertz CT molecular complexity index is 1310. The van der Waals surface area contributed by atoms with Gasteiger partial charge in [-0.25, -0.2) is 4.98 Å². The summed E-state index contributed by atoms with van der Waals surface area (Å²) >= 11 is 10.4. The number of aromatic nitrogens is 2. The quantitative estimate of drug-likeness (QED) is 0.349. The number of carbonyl (C=O) groups is 1. The maximum absolute atomic E-state index is 13.3. The third kappa shape index (κ3) is 5.47. The topological polar surface area (TPSA) is 109 Å². The molecule has 0 saturated carbocycles. The van der Waals surface area contributed by atoms with E-state index in [1.807, 2.05) is 26.0 Å². The summed E-state index contributed by atoms with van der Waals surface area (Å²) in [7, 11) is 1.48. The number of hydrogen-bond acceptors (Lipinski definition) is 6. The largest absolute Gasteiger partial charge is 0.493 e. The Morgan fingerprint density at radius 2 is 2.00 bits per heavy atom. The highest BCUT2D eigenvalue weighted by Gasteiger charge is 2.19. The number of nitrogens with two attached hydrogens (primary N) is 1. The van der Waals surface area contributed by atoms with Gasteiger partial charge in [-0.1, -0.05) is 29.8 Å². The molecule has 1 heterocycles. The maximum atomic E-state index is 13.3. The predicted octanol–water partition coefficient (Wildman–Crippen LogP) is 4.95. The molecule has 174 valence electrons. The van der Waals surface area contributed by atoms with E-state index in [0.29, 0.717) is 42.7 Å². The highest BCUT2D eigenvalue weighted by Crippen LogP contribution is 2.42. The zero-order valence-corrected chi connectivity index (χ0v) is 22.8. The molecule has 1 aromatic heterocycles. The molecule has 11 heteroatoms. The Labute approximate surface area is 215 Å². The van der Waals surface area contributed by atoms with Crippen molar-refractivity contribution in [3.63, 3.8) is 0 Å². The van der Waals surface area contributed by atoms with Crippen molar-refractivity contribution >= 4 is 70.8 Å². The lowest BCUT2D eigenvalue weighted by molar-refractivity contribution is -0.119. The third-order valence-electron chi connectivity index (χ3n) is 4.93. The second-order valence-electron chi connectivity index (χ2n) is 7.18. The van der Waals surface area contributed by atoms with Crippen molar-refractivity contribution in [3.05, 3.63) is 59.4 Å². The molecule has 0 radical (unpaired) electrons. The van der Waals surface area contributed by atoms with Crippen LogP contribution < -0.4 is 20.8 Å². The van der Waals surface area contributed by atoms with Crippen LogP contribution >= 0.6 is 47.8 Å². The lowest BCUT2D eigenvalue weighted by Gasteiger charge is -2.15. The number of amides is 1. The Balaban J connectivity index is 2.15. The molecular formula is C22H21Br3N4O4. The van der Waals surface area contributed by atoms with Gasteiger partial charge in [0.05, 0.1) is 28.7 Å². The molecule has 3 aromatic rings. The molecule has 0 unspecified atom stereocenters. The van der Waals surface area contributed by atoms with Crippen molar-refractivity contribution < 1.29 is 14.3 Å². The van der Waals surface area contributed by atoms with E-state index >= 15 is 0 Å². The number of primary amides is 1. The number of nitrogens with zero attached hydrogens (tertiary/aromatic N) is 3. The minimum atomic E-state index is -0.613. The van der Waals surface area contributed by atoms with Gasteiger partial charge in [0.1, 0.15) is 5.82 Å². The molecular weight excluding hydrogens is 624 g/mol. The van der Waals surface area contributed by atoms with Crippen LogP contribution in [0.2, 0.25) is 0 Å². The lowest BCUT2D eigenvalue weighted by atomic mass is 10.1. The van der Waals surface area contributed by atoms with Crippen LogP contribution in [-0.4, -0.2) is 35.5 Å². The molecule has 0 fully saturated rings. The summed E-state index contributed by atoms with van der Waals surface area (Å²) in [5.41, 5.74) is 6.14. The fourth-order valence-corrected chi connectivity index (χ4v) is 4.32. The third-order valence-corrected chi connectivity index (χ3v) is 7.57. The molecule has 0 aliphatic rings. The molecule has 33 heavy (non-hydrogen) atoms. The van der Waals surface area contributed by atoms with E-state index in [-0.39, 0.29) is 18.1 Å². The monoisotopic (exact) mass is 642 g/mol. The molecule has 2 aromatic carbocycles. The predicted molar refractivity (Wildman–Crippen MR) is 138 cm³/mol. The second kappa shape index (κ2) is 10.8. The number of ether oxygens (including phenoxy) is 2. The Morgan fingerprint density at radius 1 is 1.27 bits per heavy atom. The molecule has 0 saturated heterocycles. The molecule has 0 aliphatic carbocycles. The fourth-order valence-electron chi connectivity index (χ4n) is 3.03. The van der Waals surface area contributed by atoms with Gasteiger partial charge < -0.3 is 15.2 Å². The van der Waals surface area contributed by atoms with Gasteiger partial charge in [0.25, 0.3) is 11.5 Å². The number of methoxy groups -OCH3 is 1. The number of rotatable bonds is 8. The van der Waals surface area contributed by atoms with Gasteiger partial charge in [0.15, 0.2) is 18.1 Å². The highest BCUT2D eigenvalue weighted by atomic mass is 79.9. The zero-order chi connectivity index (χ0) is 24.3. The summed E-state index contributed by atoms with van der Waals surface area (Å²) in [6.07, 6.45) is 2.33. The number of hydrogen-bond donors (Lipinski definition) is 1. The lowest BCUT2D eigenvalue weighted by Crippen LogP contribution is -2.23. The summed E-state index contributed by atoms with van der Waals surface area (Å²) in [6, 6.07) is 7.07. The molecule has 3 rings (SSSR count). The van der Waals surface area contributed by atoms with Gasteiger partial charge in [-0.05, 0) is 62.5 Å². The fraction of sp³-hybridized carbons (Fsp3) is 0.273. The van der Waals surface area contributed by atoms with E-state index in [2.05, 4.69) is 52.9 Å². The van der Waals surface area contributed by atoms with Crippen LogP contribution in [0.4, 0.5) is 0 Å². The van der Waals surface area contributed by atoms with Crippen molar-refractivity contribution in [2.45, 2.75) is 26.2 Å². The number of benzene rings is 2. The minimum absolute atomic E-state index is 0.0113. The van der Waals surface area contributed by atoms with E-state index in [1.54, 1.807) is 12.1 Å². The van der Waals surface area contributed by atoms with Gasteiger partial charge in [-0.15, -0.1) is 0 Å². The summed E-state index contributed by atoms with van der Waals surface area (Å²) in [4.78, 5) is 29.1. The van der Waals surface area contributed by atoms with Crippen molar-refractivity contribution in [2.75, 3.05) is 13.7 Å². The Morgan fingerprint density at radius 3 is 2.64 bits per heavy atom. The van der Waals surface area contributed by atoms with Gasteiger partial charge in [-0.3, -0.25) is 9.59 Å². The first kappa shape index (κ1) is 25.4. The van der Waals surface area contributed by atoms with Gasteiger partial charge in [-0.2, -0.15) is 9.78 Å². The highest BCUT2D eigenvalue weighted by molar-refractivity contribution is 9.13. The van der Waals surface area contributed by atoms with Crippen molar-refractivity contribution in [1.82, 2.24) is 9.66 Å². The first-order valence-corrected chi connectivity index (χ1v) is 12.3. The van der Waals surface area contributed by atoms with E-state index < -0.39 is 5.91 Å². The first-order valence-electron chi connectivity index (χ1n) is 9.91.